The van der Waals surface area contributed by atoms with Gasteiger partial charge in [0.25, 0.3) is 5.91 Å². The van der Waals surface area contributed by atoms with Crippen LogP contribution < -0.4 is 16.1 Å². The van der Waals surface area contributed by atoms with E-state index in [9.17, 15) is 14.7 Å². The van der Waals surface area contributed by atoms with Gasteiger partial charge in [0.2, 0.25) is 5.91 Å². The van der Waals surface area contributed by atoms with Gasteiger partial charge in [-0.15, -0.1) is 11.3 Å². The predicted octanol–water partition coefficient (Wildman–Crippen LogP) is 1.86. The van der Waals surface area contributed by atoms with Gasteiger partial charge in [-0.25, -0.2) is 4.98 Å². The number of hydroxylamine groups is 1. The fourth-order valence-electron chi connectivity index (χ4n) is 3.29. The highest BCUT2D eigenvalue weighted by molar-refractivity contribution is 7.13. The van der Waals surface area contributed by atoms with Crippen LogP contribution in [0.5, 0.6) is 5.75 Å². The topological polar surface area (TPSA) is 118 Å². The molecule has 0 aliphatic carbocycles. The highest BCUT2D eigenvalue weighted by Crippen LogP contribution is 2.29. The number of nitrogens with two attached hydrogens (primary N) is 1. The van der Waals surface area contributed by atoms with Crippen molar-refractivity contribution in [3.05, 3.63) is 35.5 Å². The monoisotopic (exact) mass is 432 g/mol. The minimum Gasteiger partial charge on any atom is -0.391 e. The lowest BCUT2D eigenvalue weighted by atomic mass is 9.86. The molecule has 1 unspecified atom stereocenters. The van der Waals surface area contributed by atoms with E-state index in [1.54, 1.807) is 29.0 Å². The summed E-state index contributed by atoms with van der Waals surface area (Å²) in [6.45, 7) is 7.60. The average Bonchev–Trinajstić information content (AvgIpc) is 3.30. The van der Waals surface area contributed by atoms with Crippen molar-refractivity contribution in [2.75, 3.05) is 6.54 Å². The molecular formula is C21H28N4O4S. The number of aryl methyl sites for hydroxylation is 1. The number of carbonyl (C=O) groups is 2. The normalized spacial score (nSPS) is 20.1. The Bertz CT molecular complexity index is 906. The summed E-state index contributed by atoms with van der Waals surface area (Å²) < 4.78 is 0. The third kappa shape index (κ3) is 4.80. The van der Waals surface area contributed by atoms with Crippen LogP contribution in [0.1, 0.15) is 32.9 Å². The molecule has 3 atom stereocenters. The van der Waals surface area contributed by atoms with Gasteiger partial charge < -0.3 is 20.6 Å². The van der Waals surface area contributed by atoms with Crippen LogP contribution in [0.4, 0.5) is 0 Å². The quantitative estimate of drug-likeness (QED) is 0.621. The van der Waals surface area contributed by atoms with Gasteiger partial charge in [0.05, 0.1) is 28.2 Å². The van der Waals surface area contributed by atoms with Crippen molar-refractivity contribution >= 4 is 23.2 Å². The van der Waals surface area contributed by atoms with Gasteiger partial charge in [-0.3, -0.25) is 9.59 Å². The summed E-state index contributed by atoms with van der Waals surface area (Å²) in [5.41, 5.74) is 11.8. The van der Waals surface area contributed by atoms with E-state index in [2.05, 4.69) is 10.5 Å². The van der Waals surface area contributed by atoms with Gasteiger partial charge >= 0.3 is 0 Å². The number of amides is 2. The van der Waals surface area contributed by atoms with E-state index in [1.807, 2.05) is 39.8 Å². The van der Waals surface area contributed by atoms with Gasteiger partial charge in [0, 0.05) is 13.0 Å². The Balaban J connectivity index is 1.63. The Kier molecular flexibility index (Phi) is 6.44. The van der Waals surface area contributed by atoms with Crippen molar-refractivity contribution < 1.29 is 19.5 Å². The zero-order chi connectivity index (χ0) is 22.1. The fraction of sp³-hybridized carbons (Fsp3) is 0.476. The Morgan fingerprint density at radius 1 is 1.33 bits per heavy atom. The van der Waals surface area contributed by atoms with Crippen molar-refractivity contribution in [3.8, 4) is 16.2 Å². The number of nitrogens with one attached hydrogen (secondary N) is 1. The van der Waals surface area contributed by atoms with Crippen LogP contribution in [-0.4, -0.2) is 51.5 Å². The average molecular weight is 433 g/mol. The molecule has 3 rings (SSSR count). The van der Waals surface area contributed by atoms with E-state index in [4.69, 9.17) is 10.6 Å². The zero-order valence-corrected chi connectivity index (χ0v) is 18.4. The number of likely N-dealkylation sites (tertiary alicyclic amines) is 1. The maximum absolute atomic E-state index is 12.8. The molecule has 0 bridgehead atoms. The van der Waals surface area contributed by atoms with Crippen molar-refractivity contribution in [1.29, 1.82) is 0 Å². The molecule has 162 valence electrons. The number of benzene rings is 1. The van der Waals surface area contributed by atoms with Crippen molar-refractivity contribution in [2.45, 2.75) is 52.3 Å². The molecule has 8 nitrogen and oxygen atoms in total. The lowest BCUT2D eigenvalue weighted by molar-refractivity contribution is -0.143. The minimum atomic E-state index is -0.833. The first-order valence-corrected chi connectivity index (χ1v) is 10.7. The van der Waals surface area contributed by atoms with E-state index in [-0.39, 0.29) is 18.9 Å². The fourth-order valence-corrected chi connectivity index (χ4v) is 4.10. The highest BCUT2D eigenvalue weighted by atomic mass is 32.1. The molecule has 1 aliphatic rings. The molecular weight excluding hydrogens is 404 g/mol. The van der Waals surface area contributed by atoms with Gasteiger partial charge in [-0.1, -0.05) is 20.8 Å². The Morgan fingerprint density at radius 3 is 2.57 bits per heavy atom. The molecule has 1 saturated heterocycles. The number of β-amino-alcohol motifs (C(OH)–C–C–N with tert-alkyl or cyclic N) is 1. The first-order chi connectivity index (χ1) is 14.1. The lowest BCUT2D eigenvalue weighted by Gasteiger charge is -2.32. The predicted molar refractivity (Wildman–Crippen MR) is 115 cm³/mol. The van der Waals surface area contributed by atoms with Crippen LogP contribution in [0.25, 0.3) is 10.4 Å². The van der Waals surface area contributed by atoms with Crippen LogP contribution in [0.2, 0.25) is 0 Å². The zero-order valence-electron chi connectivity index (χ0n) is 17.6. The number of carbonyl (C=O) groups excluding carboxylic acids is 2. The Morgan fingerprint density at radius 2 is 2.00 bits per heavy atom. The van der Waals surface area contributed by atoms with Gasteiger partial charge in [0.1, 0.15) is 6.04 Å². The minimum absolute atomic E-state index is 0.0730. The number of nitrogens with zero attached hydrogens (tertiary/aromatic N) is 2. The summed E-state index contributed by atoms with van der Waals surface area (Å²) in [6.07, 6.45) is -0.639. The second-order valence-electron chi connectivity index (χ2n) is 8.60. The smallest absolute Gasteiger partial charge is 0.275 e. The van der Waals surface area contributed by atoms with Crippen molar-refractivity contribution in [1.82, 2.24) is 15.4 Å². The Labute approximate surface area is 180 Å². The van der Waals surface area contributed by atoms with E-state index in [0.29, 0.717) is 5.75 Å². The molecule has 4 N–H and O–H groups in total. The molecule has 30 heavy (non-hydrogen) atoms. The SMILES string of the molecule is Cc1ncsc1-c1ccc(ONC(=O)[C@@H]2C[C@@H](O)CN2C(=O)C(N)C(C)(C)C)cc1. The molecule has 0 radical (unpaired) electrons. The maximum Gasteiger partial charge on any atom is 0.275 e. The van der Waals surface area contributed by atoms with E-state index < -0.39 is 29.5 Å². The third-order valence-electron chi connectivity index (χ3n) is 5.20. The Hall–Kier alpha value is -2.49. The van der Waals surface area contributed by atoms with Crippen LogP contribution in [0, 0.1) is 12.3 Å². The number of hydrogen-bond donors (Lipinski definition) is 3. The number of aliphatic hydroxyl groups excluding tert-OH is 1. The molecule has 0 spiro atoms. The molecule has 2 amide bonds. The highest BCUT2D eigenvalue weighted by Gasteiger charge is 2.42. The van der Waals surface area contributed by atoms with Crippen LogP contribution >= 0.6 is 11.3 Å². The van der Waals surface area contributed by atoms with E-state index in [1.165, 1.54) is 4.90 Å². The molecule has 1 aromatic carbocycles. The summed E-state index contributed by atoms with van der Waals surface area (Å²) in [4.78, 5) is 37.5. The van der Waals surface area contributed by atoms with Crippen molar-refractivity contribution in [2.24, 2.45) is 11.1 Å². The van der Waals surface area contributed by atoms with Gasteiger partial charge in [0.15, 0.2) is 5.75 Å². The first-order valence-electron chi connectivity index (χ1n) is 9.79. The first kappa shape index (κ1) is 22.2. The summed E-state index contributed by atoms with van der Waals surface area (Å²) in [7, 11) is 0. The molecule has 9 heteroatoms. The van der Waals surface area contributed by atoms with Crippen LogP contribution in [0.3, 0.4) is 0 Å². The third-order valence-corrected chi connectivity index (χ3v) is 6.17. The summed E-state index contributed by atoms with van der Waals surface area (Å²) in [5, 5.41) is 10.0. The maximum atomic E-state index is 12.8. The number of aromatic nitrogens is 1. The molecule has 1 aromatic heterocycles. The number of rotatable bonds is 5. The second-order valence-corrected chi connectivity index (χ2v) is 9.45. The summed E-state index contributed by atoms with van der Waals surface area (Å²) in [5.74, 6) is -0.399. The number of hydrogen-bond acceptors (Lipinski definition) is 7. The molecule has 1 fully saturated rings. The van der Waals surface area contributed by atoms with E-state index in [0.717, 1.165) is 16.1 Å². The molecule has 0 saturated carbocycles. The van der Waals surface area contributed by atoms with Crippen LogP contribution in [-0.2, 0) is 9.59 Å². The molecule has 2 heterocycles. The molecule has 1 aliphatic heterocycles. The number of aliphatic hydroxyl groups is 1. The van der Waals surface area contributed by atoms with Crippen molar-refractivity contribution in [3.63, 3.8) is 0 Å². The number of thiazole rings is 1. The summed E-state index contributed by atoms with van der Waals surface area (Å²) in [6, 6.07) is 5.66. The molecule has 2 aromatic rings. The van der Waals surface area contributed by atoms with Crippen LogP contribution in [0.15, 0.2) is 29.8 Å². The summed E-state index contributed by atoms with van der Waals surface area (Å²) >= 11 is 1.56. The lowest BCUT2D eigenvalue weighted by Crippen LogP contribution is -2.55. The standard InChI is InChI=1S/C21H28N4O4S/c1-12-17(30-11-23-12)13-5-7-15(8-6-13)29-24-19(27)16-9-14(26)10-25(16)20(28)18(22)21(2,3)4/h5-8,11,14,16,18,26H,9-10,22H2,1-4H3,(H,24,27)/t14-,16+,18?/m1/s1. The second kappa shape index (κ2) is 8.71. The van der Waals surface area contributed by atoms with Gasteiger partial charge in [-0.05, 0) is 42.2 Å². The van der Waals surface area contributed by atoms with Gasteiger partial charge in [-0.2, -0.15) is 5.48 Å². The largest absolute Gasteiger partial charge is 0.391 e. The van der Waals surface area contributed by atoms with E-state index >= 15 is 0 Å².